The quantitative estimate of drug-likeness (QED) is 0.398. The van der Waals surface area contributed by atoms with Gasteiger partial charge < -0.3 is 16.4 Å². The minimum atomic E-state index is 0. The molecule has 0 aromatic heterocycles. The van der Waals surface area contributed by atoms with E-state index in [4.69, 9.17) is 0 Å². The fraction of sp³-hybridized carbons (Fsp3) is 0. The van der Waals surface area contributed by atoms with Gasteiger partial charge in [-0.25, -0.2) is 0 Å². The van der Waals surface area contributed by atoms with Crippen LogP contribution in [-0.2, 0) is 51.8 Å². The van der Waals surface area contributed by atoms with Crippen LogP contribution in [0.15, 0.2) is 0 Å². The predicted molar refractivity (Wildman–Crippen MR) is 10.8 cm³/mol. The zero-order valence-electron chi connectivity index (χ0n) is 2.69. The number of hydrogen-bond acceptors (Lipinski definition) is 0. The van der Waals surface area contributed by atoms with Crippen molar-refractivity contribution in [3.8, 4) is 0 Å². The Balaban J connectivity index is 0. The molecule has 6 heteroatoms. The van der Waals surface area contributed by atoms with E-state index in [1.54, 1.807) is 0 Å². The molecule has 0 atom stereocenters. The maximum atomic E-state index is 0. The van der Waals surface area contributed by atoms with Crippen LogP contribution in [-0.4, -0.2) is 16.4 Å². The summed E-state index contributed by atoms with van der Waals surface area (Å²) < 4.78 is 0. The molecular weight excluding hydrogens is 207 g/mol. The Labute approximate surface area is 68.2 Å². The van der Waals surface area contributed by atoms with Gasteiger partial charge in [0.25, 0.3) is 0 Å². The molecule has 0 unspecified atom stereocenters. The third kappa shape index (κ3) is 50.8. The molecule has 0 aliphatic carbocycles. The number of rotatable bonds is 0. The molecule has 0 aliphatic heterocycles. The molecule has 0 fully saturated rings. The van der Waals surface area contributed by atoms with Gasteiger partial charge in [-0.2, -0.15) is 0 Å². The maximum Gasteiger partial charge on any atom is 0 e. The molecule has 6 heavy (non-hydrogen) atoms. The monoisotopic (exact) mass is 213 g/mol. The van der Waals surface area contributed by atoms with Gasteiger partial charge in [0.15, 0.2) is 0 Å². The summed E-state index contributed by atoms with van der Waals surface area (Å²) in [5.74, 6) is 0. The van der Waals surface area contributed by atoms with Crippen molar-refractivity contribution in [3.63, 3.8) is 0 Å². The summed E-state index contributed by atoms with van der Waals surface area (Å²) in [4.78, 5) is 0. The van der Waals surface area contributed by atoms with Crippen molar-refractivity contribution in [1.29, 1.82) is 0 Å². The first-order valence-corrected chi connectivity index (χ1v) is 0. The second-order valence-electron chi connectivity index (χ2n) is 0. The first kappa shape index (κ1) is 145. The fourth-order valence-electron chi connectivity index (χ4n) is 0. The topological polar surface area (TPSA) is 94.5 Å². The van der Waals surface area contributed by atoms with Crippen molar-refractivity contribution in [3.05, 3.63) is 0 Å². The largest absolute Gasteiger partial charge is 0.412 e. The summed E-state index contributed by atoms with van der Waals surface area (Å²) in [6, 6.07) is 0. The van der Waals surface area contributed by atoms with E-state index in [1.165, 1.54) is 0 Å². The Morgan fingerprint density at radius 2 is 0.500 bits per heavy atom. The second-order valence-corrected chi connectivity index (χ2v) is 0. The molecule has 43 valence electrons. The summed E-state index contributed by atoms with van der Waals surface area (Å²) in [6.07, 6.45) is 0. The summed E-state index contributed by atoms with van der Waals surface area (Å²) in [6.45, 7) is 0. The summed E-state index contributed by atoms with van der Waals surface area (Å²) in [5.41, 5.74) is 0. The average Bonchev–Trinajstić information content (AvgIpc) is 0. The third-order valence-electron chi connectivity index (χ3n) is 0. The first-order chi connectivity index (χ1) is 0. The van der Waals surface area contributed by atoms with E-state index in [9.17, 15) is 0 Å². The van der Waals surface area contributed by atoms with Gasteiger partial charge in [-0.15, -0.1) is 0 Å². The molecule has 0 aliphatic rings. The molecule has 0 heterocycles. The second kappa shape index (κ2) is 90.0. The fourth-order valence-corrected chi connectivity index (χ4v) is 0. The van der Waals surface area contributed by atoms with E-state index >= 15 is 0 Å². The molecule has 0 spiro atoms. The molecule has 0 saturated heterocycles. The van der Waals surface area contributed by atoms with E-state index in [2.05, 4.69) is 0 Å². The van der Waals surface area contributed by atoms with Gasteiger partial charge in [-0.3, -0.25) is 0 Å². The molecule has 0 rings (SSSR count). The van der Waals surface area contributed by atoms with E-state index in [0.29, 0.717) is 0 Å². The van der Waals surface area contributed by atoms with Crippen LogP contribution >= 0.6 is 0 Å². The number of hydrogen-bond donors (Lipinski definition) is 0. The zero-order chi connectivity index (χ0) is 0. The SMILES string of the molecule is O.O.O.[Cr].[Cr].[Mn]. The van der Waals surface area contributed by atoms with E-state index < -0.39 is 0 Å². The zero-order valence-corrected chi connectivity index (χ0v) is 6.42. The van der Waals surface area contributed by atoms with Gasteiger partial charge in [0.05, 0.1) is 0 Å². The Kier molecular flexibility index (Phi) is 2180. The molecule has 0 amide bonds. The maximum absolute atomic E-state index is 0. The predicted octanol–water partition coefficient (Wildman–Crippen LogP) is -2.48. The van der Waals surface area contributed by atoms with Crippen molar-refractivity contribution in [2.75, 3.05) is 0 Å². The van der Waals surface area contributed by atoms with Crippen LogP contribution in [0.1, 0.15) is 0 Å². The van der Waals surface area contributed by atoms with Gasteiger partial charge in [0.2, 0.25) is 0 Å². The Morgan fingerprint density at radius 3 is 0.500 bits per heavy atom. The first-order valence-electron chi connectivity index (χ1n) is 0. The van der Waals surface area contributed by atoms with Crippen LogP contribution < -0.4 is 0 Å². The van der Waals surface area contributed by atoms with Crippen molar-refractivity contribution in [1.82, 2.24) is 0 Å². The Morgan fingerprint density at radius 1 is 0.500 bits per heavy atom. The van der Waals surface area contributed by atoms with Crippen LogP contribution in [0.5, 0.6) is 0 Å². The van der Waals surface area contributed by atoms with Crippen LogP contribution in [0, 0.1) is 0 Å². The molecular formula is H6Cr2MnO3. The molecule has 0 aromatic rings. The van der Waals surface area contributed by atoms with Crippen LogP contribution in [0.3, 0.4) is 0 Å². The van der Waals surface area contributed by atoms with Crippen LogP contribution in [0.25, 0.3) is 0 Å². The molecule has 0 saturated carbocycles. The average molecular weight is 213 g/mol. The van der Waals surface area contributed by atoms with Crippen LogP contribution in [0.4, 0.5) is 0 Å². The summed E-state index contributed by atoms with van der Waals surface area (Å²) in [7, 11) is 0. The van der Waals surface area contributed by atoms with Crippen LogP contribution in [0.2, 0.25) is 0 Å². The summed E-state index contributed by atoms with van der Waals surface area (Å²) >= 11 is 0. The third-order valence-corrected chi connectivity index (χ3v) is 0. The Bertz CT molecular complexity index is 8.75. The minimum absolute atomic E-state index is 0. The molecule has 0 bridgehead atoms. The summed E-state index contributed by atoms with van der Waals surface area (Å²) in [5, 5.41) is 0. The molecule has 1 radical (unpaired) electrons. The molecule has 6 N–H and O–H groups in total. The minimum Gasteiger partial charge on any atom is -0.412 e. The van der Waals surface area contributed by atoms with Crippen molar-refractivity contribution >= 4 is 0 Å². The van der Waals surface area contributed by atoms with Crippen molar-refractivity contribution in [2.45, 2.75) is 0 Å². The van der Waals surface area contributed by atoms with Gasteiger partial charge >= 0.3 is 0 Å². The molecule has 0 aromatic carbocycles. The van der Waals surface area contributed by atoms with E-state index in [0.717, 1.165) is 0 Å². The van der Waals surface area contributed by atoms with Gasteiger partial charge in [-0.05, 0) is 0 Å². The van der Waals surface area contributed by atoms with Gasteiger partial charge in [-0.1, -0.05) is 0 Å². The standard InChI is InChI=1S/2Cr.Mn.3H2O/h;;;3*1H2. The van der Waals surface area contributed by atoms with Crippen molar-refractivity contribution in [2.24, 2.45) is 0 Å². The van der Waals surface area contributed by atoms with E-state index in [1.807, 2.05) is 0 Å². The van der Waals surface area contributed by atoms with Gasteiger partial charge in [0.1, 0.15) is 0 Å². The smallest absolute Gasteiger partial charge is 0 e. The van der Waals surface area contributed by atoms with E-state index in [-0.39, 0.29) is 68.2 Å². The molecule has 3 nitrogen and oxygen atoms in total. The van der Waals surface area contributed by atoms with Crippen molar-refractivity contribution < 1.29 is 68.2 Å². The Hall–Kier alpha value is 1.46. The van der Waals surface area contributed by atoms with Gasteiger partial charge in [0, 0.05) is 51.8 Å². The normalized spacial score (nSPS) is 0.